The molecule has 0 saturated heterocycles. The van der Waals surface area contributed by atoms with Crippen molar-refractivity contribution in [1.29, 1.82) is 0 Å². The van der Waals surface area contributed by atoms with E-state index in [9.17, 15) is 8.42 Å². The van der Waals surface area contributed by atoms with E-state index in [0.29, 0.717) is 11.4 Å². The van der Waals surface area contributed by atoms with Gasteiger partial charge in [0.15, 0.2) is 0 Å². The average molecular weight is 330 g/mol. The summed E-state index contributed by atoms with van der Waals surface area (Å²) in [6.45, 7) is 2.55. The van der Waals surface area contributed by atoms with Crippen LogP contribution in [0.1, 0.15) is 15.3 Å². The number of rotatable bonds is 6. The number of nitrogens with zero attached hydrogens (tertiary/aromatic N) is 1. The van der Waals surface area contributed by atoms with E-state index >= 15 is 0 Å². The first kappa shape index (κ1) is 15.7. The molecule has 2 N–H and O–H groups in total. The fraction of sp³-hybridized carbons (Fsp3) is 0.385. The molecule has 0 amide bonds. The molecular weight excluding hydrogens is 312 g/mol. The second kappa shape index (κ2) is 6.36. The Kier molecular flexibility index (Phi) is 4.98. The van der Waals surface area contributed by atoms with E-state index in [1.165, 1.54) is 20.5 Å². The summed E-state index contributed by atoms with van der Waals surface area (Å²) >= 11 is 3.05. The van der Waals surface area contributed by atoms with Crippen molar-refractivity contribution in [3.05, 3.63) is 38.2 Å². The van der Waals surface area contributed by atoms with Gasteiger partial charge in [0.1, 0.15) is 4.90 Å². The zero-order chi connectivity index (χ0) is 14.8. The van der Waals surface area contributed by atoms with E-state index in [-0.39, 0.29) is 6.54 Å². The monoisotopic (exact) mass is 330 g/mol. The summed E-state index contributed by atoms with van der Waals surface area (Å²) in [5, 5.41) is 3.85. The van der Waals surface area contributed by atoms with Crippen molar-refractivity contribution in [1.82, 2.24) is 4.31 Å². The van der Waals surface area contributed by atoms with Crippen molar-refractivity contribution in [2.24, 2.45) is 5.73 Å². The Morgan fingerprint density at radius 3 is 2.70 bits per heavy atom. The van der Waals surface area contributed by atoms with Gasteiger partial charge in [-0.1, -0.05) is 6.07 Å². The van der Waals surface area contributed by atoms with Gasteiger partial charge < -0.3 is 5.73 Å². The third kappa shape index (κ3) is 3.12. The average Bonchev–Trinajstić information content (AvgIpc) is 3.04. The summed E-state index contributed by atoms with van der Waals surface area (Å²) in [7, 11) is -1.83. The van der Waals surface area contributed by atoms with Crippen molar-refractivity contribution in [2.45, 2.75) is 24.8 Å². The Balaban J connectivity index is 2.18. The van der Waals surface area contributed by atoms with Crippen LogP contribution < -0.4 is 5.73 Å². The summed E-state index contributed by atoms with van der Waals surface area (Å²) < 4.78 is 26.7. The predicted molar refractivity (Wildman–Crippen MR) is 84.8 cm³/mol. The highest BCUT2D eigenvalue weighted by Gasteiger charge is 2.26. The third-order valence-corrected chi connectivity index (χ3v) is 7.38. The van der Waals surface area contributed by atoms with Gasteiger partial charge in [0.2, 0.25) is 10.0 Å². The molecule has 0 aromatic carbocycles. The summed E-state index contributed by atoms with van der Waals surface area (Å²) in [6, 6.07) is 4.00. The quantitative estimate of drug-likeness (QED) is 0.885. The molecule has 2 heterocycles. The predicted octanol–water partition coefficient (Wildman–Crippen LogP) is 2.44. The number of thiophene rings is 2. The van der Waals surface area contributed by atoms with Crippen molar-refractivity contribution in [2.75, 3.05) is 13.6 Å². The molecule has 0 aliphatic carbocycles. The third-order valence-electron chi connectivity index (χ3n) is 3.10. The Morgan fingerprint density at radius 1 is 1.35 bits per heavy atom. The van der Waals surface area contributed by atoms with Crippen molar-refractivity contribution < 1.29 is 8.42 Å². The molecule has 0 aliphatic rings. The lowest BCUT2D eigenvalue weighted by atomic mass is 10.3. The van der Waals surface area contributed by atoms with Crippen LogP contribution >= 0.6 is 22.7 Å². The molecule has 2 rings (SSSR count). The molecule has 0 fully saturated rings. The SMILES string of the molecule is Cc1csc(CN)c1S(=O)(=O)N(C)CCc1cccs1. The summed E-state index contributed by atoms with van der Waals surface area (Å²) in [6.07, 6.45) is 0.731. The smallest absolute Gasteiger partial charge is 0.244 e. The second-order valence-electron chi connectivity index (χ2n) is 4.53. The fourth-order valence-electron chi connectivity index (χ4n) is 1.97. The molecule has 2 aromatic heterocycles. The Hall–Kier alpha value is -0.730. The van der Waals surface area contributed by atoms with Gasteiger partial charge in [-0.25, -0.2) is 12.7 Å². The van der Waals surface area contributed by atoms with Gasteiger partial charge in [-0.2, -0.15) is 0 Å². The van der Waals surface area contributed by atoms with Crippen LogP contribution in [0.2, 0.25) is 0 Å². The fourth-order valence-corrected chi connectivity index (χ4v) is 5.49. The molecule has 20 heavy (non-hydrogen) atoms. The van der Waals surface area contributed by atoms with Crippen molar-refractivity contribution in [3.63, 3.8) is 0 Å². The maximum atomic E-state index is 12.6. The minimum absolute atomic E-state index is 0.256. The van der Waals surface area contributed by atoms with Crippen LogP contribution in [-0.4, -0.2) is 26.3 Å². The van der Waals surface area contributed by atoms with Crippen molar-refractivity contribution in [3.8, 4) is 0 Å². The normalized spacial score (nSPS) is 12.2. The number of sulfonamides is 1. The number of likely N-dealkylation sites (N-methyl/N-ethyl adjacent to an activating group) is 1. The van der Waals surface area contributed by atoms with E-state index < -0.39 is 10.0 Å². The van der Waals surface area contributed by atoms with Gasteiger partial charge in [-0.15, -0.1) is 22.7 Å². The first-order valence-electron chi connectivity index (χ1n) is 6.22. The molecule has 0 bridgehead atoms. The maximum absolute atomic E-state index is 12.6. The number of hydrogen-bond acceptors (Lipinski definition) is 5. The number of aryl methyl sites for hydroxylation is 1. The van der Waals surface area contributed by atoms with E-state index in [4.69, 9.17) is 5.73 Å². The second-order valence-corrected chi connectivity index (χ2v) is 8.51. The lowest BCUT2D eigenvalue weighted by Crippen LogP contribution is -2.30. The Bertz CT molecular complexity index is 660. The van der Waals surface area contributed by atoms with Crippen molar-refractivity contribution >= 4 is 32.7 Å². The van der Waals surface area contributed by atoms with Crippen LogP contribution in [0.3, 0.4) is 0 Å². The summed E-state index contributed by atoms with van der Waals surface area (Å²) in [4.78, 5) is 2.30. The highest BCUT2D eigenvalue weighted by atomic mass is 32.2. The molecule has 7 heteroatoms. The van der Waals surface area contributed by atoms with E-state index in [1.807, 2.05) is 29.8 Å². The molecule has 0 spiro atoms. The van der Waals surface area contributed by atoms with E-state index in [0.717, 1.165) is 16.9 Å². The molecule has 0 aliphatic heterocycles. The first-order valence-corrected chi connectivity index (χ1v) is 9.42. The number of nitrogens with two attached hydrogens (primary N) is 1. The van der Waals surface area contributed by atoms with Crippen LogP contribution in [0.4, 0.5) is 0 Å². The Morgan fingerprint density at radius 2 is 2.10 bits per heavy atom. The topological polar surface area (TPSA) is 63.4 Å². The van der Waals surface area contributed by atoms with Crippen LogP contribution in [0.25, 0.3) is 0 Å². The van der Waals surface area contributed by atoms with Gasteiger partial charge >= 0.3 is 0 Å². The van der Waals surface area contributed by atoms with Crippen LogP contribution in [0.15, 0.2) is 27.8 Å². The molecule has 0 atom stereocenters. The highest BCUT2D eigenvalue weighted by molar-refractivity contribution is 7.89. The lowest BCUT2D eigenvalue weighted by Gasteiger charge is -2.17. The van der Waals surface area contributed by atoms with Gasteiger partial charge in [0, 0.05) is 29.9 Å². The molecule has 2 aromatic rings. The molecule has 110 valence electrons. The van der Waals surface area contributed by atoms with Gasteiger partial charge in [-0.3, -0.25) is 0 Å². The highest BCUT2D eigenvalue weighted by Crippen LogP contribution is 2.28. The first-order chi connectivity index (χ1) is 9.46. The lowest BCUT2D eigenvalue weighted by molar-refractivity contribution is 0.472. The molecule has 0 radical (unpaired) electrons. The molecular formula is C13H18N2O2S3. The minimum Gasteiger partial charge on any atom is -0.326 e. The summed E-state index contributed by atoms with van der Waals surface area (Å²) in [5.41, 5.74) is 6.42. The zero-order valence-electron chi connectivity index (χ0n) is 11.5. The summed E-state index contributed by atoms with van der Waals surface area (Å²) in [5.74, 6) is 0. The molecule has 4 nitrogen and oxygen atoms in total. The standard InChI is InChI=1S/C13H18N2O2S3/c1-10-9-19-12(8-14)13(10)20(16,17)15(2)6-5-11-4-3-7-18-11/h3-4,7,9H,5-6,8,14H2,1-2H3. The molecule has 0 saturated carbocycles. The van der Waals surface area contributed by atoms with Gasteiger partial charge in [0.05, 0.1) is 0 Å². The van der Waals surface area contributed by atoms with E-state index in [1.54, 1.807) is 18.4 Å². The molecule has 0 unspecified atom stereocenters. The Labute approximate surface area is 127 Å². The largest absolute Gasteiger partial charge is 0.326 e. The number of hydrogen-bond donors (Lipinski definition) is 1. The van der Waals surface area contributed by atoms with Crippen LogP contribution in [0.5, 0.6) is 0 Å². The van der Waals surface area contributed by atoms with Crippen LogP contribution in [-0.2, 0) is 23.0 Å². The van der Waals surface area contributed by atoms with Gasteiger partial charge in [0.25, 0.3) is 0 Å². The zero-order valence-corrected chi connectivity index (χ0v) is 13.9. The van der Waals surface area contributed by atoms with Crippen LogP contribution in [0, 0.1) is 6.92 Å². The van der Waals surface area contributed by atoms with Gasteiger partial charge in [-0.05, 0) is 35.7 Å². The minimum atomic E-state index is -3.45. The van der Waals surface area contributed by atoms with E-state index in [2.05, 4.69) is 0 Å². The maximum Gasteiger partial charge on any atom is 0.244 e.